The Balaban J connectivity index is 1.22. The molecule has 3 N–H and O–H groups in total. The molecule has 34 heavy (non-hydrogen) atoms. The average molecular weight is 479 g/mol. The molecule has 0 fully saturated rings. The number of halogens is 1. The molecular formula is C26H27ClN4O3. The van der Waals surface area contributed by atoms with Gasteiger partial charge in [-0.05, 0) is 55.3 Å². The highest BCUT2D eigenvalue weighted by Crippen LogP contribution is 2.30. The Hall–Kier alpha value is -3.26. The maximum absolute atomic E-state index is 11.6. The number of fused-ring (bicyclic) bond motifs is 3. The van der Waals surface area contributed by atoms with Gasteiger partial charge < -0.3 is 20.5 Å². The van der Waals surface area contributed by atoms with Gasteiger partial charge in [-0.25, -0.2) is 4.98 Å². The van der Waals surface area contributed by atoms with E-state index in [0.29, 0.717) is 36.8 Å². The van der Waals surface area contributed by atoms with Crippen molar-refractivity contribution in [3.63, 3.8) is 0 Å². The van der Waals surface area contributed by atoms with Gasteiger partial charge in [0.05, 0.1) is 12.1 Å². The first-order valence-corrected chi connectivity index (χ1v) is 11.6. The number of benzene rings is 2. The second-order valence-corrected chi connectivity index (χ2v) is 8.35. The number of carbonyl (C=O) groups excluding carboxylic acids is 1. The van der Waals surface area contributed by atoms with E-state index in [9.17, 15) is 4.79 Å². The van der Waals surface area contributed by atoms with Crippen molar-refractivity contribution in [2.24, 2.45) is 5.73 Å². The summed E-state index contributed by atoms with van der Waals surface area (Å²) in [6, 6.07) is 14.9. The predicted octanol–water partition coefficient (Wildman–Crippen LogP) is 4.50. The third-order valence-electron chi connectivity index (χ3n) is 5.42. The first-order chi connectivity index (χ1) is 16.6. The van der Waals surface area contributed by atoms with Crippen LogP contribution in [0.4, 0.5) is 0 Å². The van der Waals surface area contributed by atoms with Crippen LogP contribution in [0.1, 0.15) is 28.8 Å². The second kappa shape index (κ2) is 11.7. The number of amides is 1. The molecule has 0 radical (unpaired) electrons. The Kier molecular flexibility index (Phi) is 8.25. The third kappa shape index (κ3) is 6.20. The normalized spacial score (nSPS) is 11.2. The summed E-state index contributed by atoms with van der Waals surface area (Å²) in [6.07, 6.45) is 5.46. The van der Waals surface area contributed by atoms with Crippen LogP contribution in [0, 0.1) is 0 Å². The molecule has 4 rings (SSSR count). The molecule has 2 heterocycles. The third-order valence-corrected chi connectivity index (χ3v) is 5.66. The fourth-order valence-corrected chi connectivity index (χ4v) is 3.93. The average Bonchev–Trinajstić information content (AvgIpc) is 2.84. The van der Waals surface area contributed by atoms with E-state index in [4.69, 9.17) is 26.8 Å². The molecule has 0 saturated carbocycles. The van der Waals surface area contributed by atoms with Gasteiger partial charge in [-0.2, -0.15) is 0 Å². The first kappa shape index (κ1) is 23.9. The van der Waals surface area contributed by atoms with Crippen LogP contribution in [0.15, 0.2) is 60.9 Å². The molecule has 2 aromatic carbocycles. The van der Waals surface area contributed by atoms with Gasteiger partial charge in [0.15, 0.2) is 0 Å². The SMILES string of the molecule is NC(=O)c1ccc2c(c1)nc(OCCOCCCCNCc1cccc(Cl)c1)c1ccncc12. The van der Waals surface area contributed by atoms with Crippen molar-refractivity contribution in [3.8, 4) is 5.88 Å². The highest BCUT2D eigenvalue weighted by Gasteiger charge is 2.11. The van der Waals surface area contributed by atoms with E-state index < -0.39 is 5.91 Å². The zero-order valence-corrected chi connectivity index (χ0v) is 19.6. The highest BCUT2D eigenvalue weighted by molar-refractivity contribution is 6.30. The van der Waals surface area contributed by atoms with E-state index in [1.165, 1.54) is 5.56 Å². The number of carbonyl (C=O) groups is 1. The molecule has 2 aromatic heterocycles. The predicted molar refractivity (Wildman–Crippen MR) is 134 cm³/mol. The smallest absolute Gasteiger partial charge is 0.248 e. The number of hydrogen-bond acceptors (Lipinski definition) is 6. The van der Waals surface area contributed by atoms with Gasteiger partial charge in [0, 0.05) is 52.3 Å². The van der Waals surface area contributed by atoms with Crippen LogP contribution in [-0.2, 0) is 11.3 Å². The van der Waals surface area contributed by atoms with Crippen LogP contribution >= 0.6 is 11.6 Å². The molecule has 0 aliphatic carbocycles. The highest BCUT2D eigenvalue weighted by atomic mass is 35.5. The topological polar surface area (TPSA) is 99.4 Å². The van der Waals surface area contributed by atoms with Gasteiger partial charge in [0.25, 0.3) is 0 Å². The van der Waals surface area contributed by atoms with E-state index in [1.54, 1.807) is 24.5 Å². The minimum atomic E-state index is -0.495. The Bertz CT molecular complexity index is 1280. The van der Waals surface area contributed by atoms with E-state index >= 15 is 0 Å². The van der Waals surface area contributed by atoms with Crippen LogP contribution in [0.5, 0.6) is 5.88 Å². The van der Waals surface area contributed by atoms with Crippen molar-refractivity contribution >= 4 is 39.2 Å². The fourth-order valence-electron chi connectivity index (χ4n) is 3.71. The van der Waals surface area contributed by atoms with E-state index in [0.717, 1.165) is 47.1 Å². The lowest BCUT2D eigenvalue weighted by Gasteiger charge is -2.11. The summed E-state index contributed by atoms with van der Waals surface area (Å²) in [7, 11) is 0. The summed E-state index contributed by atoms with van der Waals surface area (Å²) in [4.78, 5) is 20.4. The lowest BCUT2D eigenvalue weighted by molar-refractivity contribution is 0.0966. The van der Waals surface area contributed by atoms with Crippen LogP contribution in [0.25, 0.3) is 21.7 Å². The standard InChI is InChI=1S/C26H27ClN4O3/c27-20-5-3-4-18(14-20)16-29-9-1-2-11-33-12-13-34-26-22-8-10-30-17-23(22)21-7-6-19(25(28)32)15-24(21)31-26/h3-8,10,14-15,17,29H,1-2,9,11-13,16H2,(H2,28,32). The Morgan fingerprint density at radius 3 is 2.76 bits per heavy atom. The maximum atomic E-state index is 11.6. The van der Waals surface area contributed by atoms with E-state index in [1.807, 2.05) is 30.3 Å². The fraction of sp³-hybridized carbons (Fsp3) is 0.269. The maximum Gasteiger partial charge on any atom is 0.248 e. The van der Waals surface area contributed by atoms with Gasteiger partial charge in [0.1, 0.15) is 6.61 Å². The summed E-state index contributed by atoms with van der Waals surface area (Å²) in [5.41, 5.74) is 7.63. The monoisotopic (exact) mass is 478 g/mol. The molecule has 4 aromatic rings. The van der Waals surface area contributed by atoms with Crippen LogP contribution < -0.4 is 15.8 Å². The number of nitrogens with two attached hydrogens (primary N) is 1. The minimum absolute atomic E-state index is 0.373. The molecule has 0 aliphatic rings. The van der Waals surface area contributed by atoms with Gasteiger partial charge >= 0.3 is 0 Å². The van der Waals surface area contributed by atoms with Crippen molar-refractivity contribution in [1.29, 1.82) is 0 Å². The van der Waals surface area contributed by atoms with E-state index in [2.05, 4.69) is 21.4 Å². The van der Waals surface area contributed by atoms with Gasteiger partial charge in [0.2, 0.25) is 11.8 Å². The Labute approximate surface area is 203 Å². The van der Waals surface area contributed by atoms with Crippen LogP contribution in [0.2, 0.25) is 5.02 Å². The van der Waals surface area contributed by atoms with Crippen LogP contribution in [0.3, 0.4) is 0 Å². The summed E-state index contributed by atoms with van der Waals surface area (Å²) < 4.78 is 11.6. The molecule has 0 aliphatic heterocycles. The van der Waals surface area contributed by atoms with Gasteiger partial charge in [-0.3, -0.25) is 9.78 Å². The van der Waals surface area contributed by atoms with Crippen molar-refractivity contribution in [2.75, 3.05) is 26.4 Å². The molecule has 0 unspecified atom stereocenters. The largest absolute Gasteiger partial charge is 0.475 e. The number of pyridine rings is 2. The molecule has 0 spiro atoms. The molecule has 0 atom stereocenters. The molecule has 0 saturated heterocycles. The number of hydrogen-bond donors (Lipinski definition) is 2. The van der Waals surface area contributed by atoms with Crippen LogP contribution in [-0.4, -0.2) is 42.2 Å². The molecule has 176 valence electrons. The number of aromatic nitrogens is 2. The Morgan fingerprint density at radius 1 is 1.00 bits per heavy atom. The Morgan fingerprint density at radius 2 is 1.91 bits per heavy atom. The number of ether oxygens (including phenoxy) is 2. The number of nitrogens with one attached hydrogen (secondary N) is 1. The quantitative estimate of drug-likeness (QED) is 0.230. The summed E-state index contributed by atoms with van der Waals surface area (Å²) in [5.74, 6) is -0.00847. The lowest BCUT2D eigenvalue weighted by Crippen LogP contribution is -2.15. The minimum Gasteiger partial charge on any atom is -0.475 e. The number of rotatable bonds is 12. The number of nitrogens with zero attached hydrogens (tertiary/aromatic N) is 2. The molecular weight excluding hydrogens is 452 g/mol. The van der Waals surface area contributed by atoms with Crippen molar-refractivity contribution in [3.05, 3.63) is 77.1 Å². The zero-order chi connectivity index (χ0) is 23.8. The molecule has 1 amide bonds. The lowest BCUT2D eigenvalue weighted by atomic mass is 10.1. The van der Waals surface area contributed by atoms with E-state index in [-0.39, 0.29) is 0 Å². The molecule has 0 bridgehead atoms. The van der Waals surface area contributed by atoms with Gasteiger partial charge in [-0.1, -0.05) is 29.8 Å². The van der Waals surface area contributed by atoms with Crippen molar-refractivity contribution in [1.82, 2.24) is 15.3 Å². The zero-order valence-electron chi connectivity index (χ0n) is 18.8. The van der Waals surface area contributed by atoms with Crippen molar-refractivity contribution < 1.29 is 14.3 Å². The van der Waals surface area contributed by atoms with Crippen molar-refractivity contribution in [2.45, 2.75) is 19.4 Å². The summed E-state index contributed by atoms with van der Waals surface area (Å²) in [5, 5.41) is 6.83. The number of primary amides is 1. The van der Waals surface area contributed by atoms with Gasteiger partial charge in [-0.15, -0.1) is 0 Å². The first-order valence-electron chi connectivity index (χ1n) is 11.2. The summed E-state index contributed by atoms with van der Waals surface area (Å²) in [6.45, 7) is 3.22. The number of unbranched alkanes of at least 4 members (excludes halogenated alkanes) is 1. The molecule has 8 heteroatoms. The molecule has 7 nitrogen and oxygen atoms in total. The summed E-state index contributed by atoms with van der Waals surface area (Å²) >= 11 is 6.00. The second-order valence-electron chi connectivity index (χ2n) is 7.91.